The van der Waals surface area contributed by atoms with Crippen LogP contribution in [0.1, 0.15) is 19.3 Å². The second-order valence-corrected chi connectivity index (χ2v) is 5.05. The lowest BCUT2D eigenvalue weighted by Crippen LogP contribution is -2.22. The minimum absolute atomic E-state index is 0.0783. The molecule has 2 rings (SSSR count). The summed E-state index contributed by atoms with van der Waals surface area (Å²) in [5.74, 6) is -3.81. The zero-order chi connectivity index (χ0) is 16.3. The smallest absolute Gasteiger partial charge is 0.387 e. The van der Waals surface area contributed by atoms with Gasteiger partial charge in [0.05, 0.1) is 11.6 Å². The van der Waals surface area contributed by atoms with Gasteiger partial charge in [-0.1, -0.05) is 0 Å². The highest BCUT2D eigenvalue weighted by Gasteiger charge is 2.34. The zero-order valence-electron chi connectivity index (χ0n) is 11.4. The van der Waals surface area contributed by atoms with E-state index in [0.717, 1.165) is 18.2 Å². The molecule has 0 saturated heterocycles. The standard InChI is InChI=1S/C14H14F3NO4/c15-9-3-4-10(11(6-9)22-14(16)17)18-12(19)7-1-2-8(5-7)13(20)21/h3-4,6-8,14H,1-2,5H2,(H,18,19)(H,20,21)/t7-,8+/m0/s1. The monoisotopic (exact) mass is 317 g/mol. The van der Waals surface area contributed by atoms with Crippen molar-refractivity contribution in [3.05, 3.63) is 24.0 Å². The van der Waals surface area contributed by atoms with Gasteiger partial charge >= 0.3 is 12.6 Å². The Morgan fingerprint density at radius 2 is 1.95 bits per heavy atom. The van der Waals surface area contributed by atoms with Crippen molar-refractivity contribution in [3.8, 4) is 5.75 Å². The third kappa shape index (κ3) is 3.90. The molecule has 1 saturated carbocycles. The van der Waals surface area contributed by atoms with E-state index in [1.54, 1.807) is 0 Å². The Labute approximate surface area is 124 Å². The van der Waals surface area contributed by atoms with Gasteiger partial charge in [0.1, 0.15) is 5.82 Å². The molecule has 0 aromatic heterocycles. The number of amides is 1. The van der Waals surface area contributed by atoms with Crippen molar-refractivity contribution in [1.29, 1.82) is 0 Å². The van der Waals surface area contributed by atoms with E-state index < -0.39 is 41.9 Å². The van der Waals surface area contributed by atoms with Crippen molar-refractivity contribution in [2.24, 2.45) is 11.8 Å². The first-order chi connectivity index (χ1) is 10.4. The third-order valence-electron chi connectivity index (χ3n) is 3.57. The highest BCUT2D eigenvalue weighted by molar-refractivity contribution is 5.94. The molecule has 120 valence electrons. The number of alkyl halides is 2. The van der Waals surface area contributed by atoms with E-state index in [0.29, 0.717) is 12.8 Å². The van der Waals surface area contributed by atoms with Crippen LogP contribution in [0.15, 0.2) is 18.2 Å². The number of halogens is 3. The molecule has 1 amide bonds. The topological polar surface area (TPSA) is 75.6 Å². The molecule has 0 aliphatic heterocycles. The molecule has 0 unspecified atom stereocenters. The number of aliphatic carboxylic acids is 1. The fourth-order valence-electron chi connectivity index (χ4n) is 2.47. The Kier molecular flexibility index (Phi) is 4.89. The molecule has 0 spiro atoms. The average Bonchev–Trinajstić information content (AvgIpc) is 2.91. The van der Waals surface area contributed by atoms with Gasteiger partial charge in [-0.15, -0.1) is 0 Å². The minimum Gasteiger partial charge on any atom is -0.481 e. The van der Waals surface area contributed by atoms with Crippen molar-refractivity contribution < 1.29 is 32.6 Å². The van der Waals surface area contributed by atoms with Crippen LogP contribution >= 0.6 is 0 Å². The van der Waals surface area contributed by atoms with Gasteiger partial charge in [0.2, 0.25) is 5.91 Å². The third-order valence-corrected chi connectivity index (χ3v) is 3.57. The van der Waals surface area contributed by atoms with Crippen molar-refractivity contribution in [2.75, 3.05) is 5.32 Å². The van der Waals surface area contributed by atoms with Crippen LogP contribution in [0.25, 0.3) is 0 Å². The van der Waals surface area contributed by atoms with Crippen LogP contribution in [0.2, 0.25) is 0 Å². The second-order valence-electron chi connectivity index (χ2n) is 5.05. The molecule has 2 N–H and O–H groups in total. The number of rotatable bonds is 5. The predicted octanol–water partition coefficient (Wildman–Crippen LogP) is 2.87. The maximum atomic E-state index is 13.1. The quantitative estimate of drug-likeness (QED) is 0.875. The Morgan fingerprint density at radius 3 is 2.55 bits per heavy atom. The van der Waals surface area contributed by atoms with Crippen LogP contribution in [0.4, 0.5) is 18.9 Å². The predicted molar refractivity (Wildman–Crippen MR) is 70.1 cm³/mol. The van der Waals surface area contributed by atoms with Gasteiger partial charge in [0.25, 0.3) is 0 Å². The molecule has 1 aliphatic rings. The summed E-state index contributed by atoms with van der Waals surface area (Å²) in [5.41, 5.74) is -0.0783. The maximum Gasteiger partial charge on any atom is 0.387 e. The first-order valence-corrected chi connectivity index (χ1v) is 6.65. The molecule has 1 aromatic carbocycles. The Hall–Kier alpha value is -2.25. The summed E-state index contributed by atoms with van der Waals surface area (Å²) in [6, 6.07) is 2.87. The summed E-state index contributed by atoms with van der Waals surface area (Å²) in [6.07, 6.45) is 0.972. The molecule has 8 heteroatoms. The largest absolute Gasteiger partial charge is 0.481 e. The van der Waals surface area contributed by atoms with E-state index in [1.807, 2.05) is 0 Å². The molecule has 0 bridgehead atoms. The first-order valence-electron chi connectivity index (χ1n) is 6.65. The van der Waals surface area contributed by atoms with E-state index in [-0.39, 0.29) is 12.1 Å². The highest BCUT2D eigenvalue weighted by atomic mass is 19.3. The van der Waals surface area contributed by atoms with Crippen LogP contribution in [-0.2, 0) is 9.59 Å². The Bertz CT molecular complexity index is 579. The van der Waals surface area contributed by atoms with Gasteiger partial charge in [-0.3, -0.25) is 9.59 Å². The van der Waals surface area contributed by atoms with Crippen LogP contribution in [-0.4, -0.2) is 23.6 Å². The summed E-state index contributed by atoms with van der Waals surface area (Å²) in [5, 5.41) is 11.3. The minimum atomic E-state index is -3.15. The second kappa shape index (κ2) is 6.67. The number of anilines is 1. The lowest BCUT2D eigenvalue weighted by atomic mass is 10.0. The van der Waals surface area contributed by atoms with E-state index in [9.17, 15) is 22.8 Å². The van der Waals surface area contributed by atoms with Crippen LogP contribution < -0.4 is 10.1 Å². The molecule has 2 atom stereocenters. The van der Waals surface area contributed by atoms with E-state index in [4.69, 9.17) is 5.11 Å². The first kappa shape index (κ1) is 16.1. The van der Waals surface area contributed by atoms with Crippen molar-refractivity contribution in [3.63, 3.8) is 0 Å². The molecule has 5 nitrogen and oxygen atoms in total. The lowest BCUT2D eigenvalue weighted by Gasteiger charge is -2.14. The number of carboxylic acid groups (broad SMARTS) is 1. The highest BCUT2D eigenvalue weighted by Crippen LogP contribution is 2.33. The van der Waals surface area contributed by atoms with Crippen LogP contribution in [0.5, 0.6) is 5.75 Å². The summed E-state index contributed by atoms with van der Waals surface area (Å²) < 4.78 is 41.8. The van der Waals surface area contributed by atoms with Crippen molar-refractivity contribution >= 4 is 17.6 Å². The van der Waals surface area contributed by atoms with E-state index >= 15 is 0 Å². The van der Waals surface area contributed by atoms with Gasteiger partial charge in [-0.05, 0) is 31.4 Å². The molecule has 1 aliphatic carbocycles. The SMILES string of the molecule is O=C(O)[C@@H]1CC[C@H](C(=O)Nc2ccc(F)cc2OC(F)F)C1. The van der Waals surface area contributed by atoms with Crippen LogP contribution in [0, 0.1) is 17.7 Å². The fraction of sp³-hybridized carbons (Fsp3) is 0.429. The number of nitrogens with one attached hydrogen (secondary N) is 1. The molecular formula is C14H14F3NO4. The van der Waals surface area contributed by atoms with Gasteiger partial charge in [-0.2, -0.15) is 8.78 Å². The number of hydrogen-bond donors (Lipinski definition) is 2. The number of ether oxygens (including phenoxy) is 1. The number of hydrogen-bond acceptors (Lipinski definition) is 3. The van der Waals surface area contributed by atoms with Gasteiger partial charge in [-0.25, -0.2) is 4.39 Å². The normalized spacial score (nSPS) is 20.9. The molecule has 1 aromatic rings. The van der Waals surface area contributed by atoms with Crippen molar-refractivity contribution in [2.45, 2.75) is 25.9 Å². The number of benzene rings is 1. The van der Waals surface area contributed by atoms with E-state index in [2.05, 4.69) is 10.1 Å². The maximum absolute atomic E-state index is 13.1. The summed E-state index contributed by atoms with van der Waals surface area (Å²) >= 11 is 0. The van der Waals surface area contributed by atoms with Crippen molar-refractivity contribution in [1.82, 2.24) is 0 Å². The molecule has 1 fully saturated rings. The Balaban J connectivity index is 2.07. The summed E-state index contributed by atoms with van der Waals surface area (Å²) in [7, 11) is 0. The summed E-state index contributed by atoms with van der Waals surface area (Å²) in [6.45, 7) is -3.15. The van der Waals surface area contributed by atoms with E-state index in [1.165, 1.54) is 0 Å². The van der Waals surface area contributed by atoms with Gasteiger partial charge in [0, 0.05) is 12.0 Å². The molecule has 0 radical (unpaired) electrons. The number of carbonyl (C=O) groups excluding carboxylic acids is 1. The fourth-order valence-corrected chi connectivity index (χ4v) is 2.47. The Morgan fingerprint density at radius 1 is 1.27 bits per heavy atom. The van der Waals surface area contributed by atoms with Gasteiger partial charge < -0.3 is 15.2 Å². The summed E-state index contributed by atoms with van der Waals surface area (Å²) in [4.78, 5) is 22.9. The lowest BCUT2D eigenvalue weighted by molar-refractivity contribution is -0.141. The number of carbonyl (C=O) groups is 2. The zero-order valence-corrected chi connectivity index (χ0v) is 11.4. The molecule has 22 heavy (non-hydrogen) atoms. The van der Waals surface area contributed by atoms with Gasteiger partial charge in [0.15, 0.2) is 5.75 Å². The average molecular weight is 317 g/mol. The molecule has 0 heterocycles. The van der Waals surface area contributed by atoms with Crippen LogP contribution in [0.3, 0.4) is 0 Å². The molecular weight excluding hydrogens is 303 g/mol. The number of carboxylic acids is 1.